The molecular formula is C16H32N2O. The third-order valence-electron chi connectivity index (χ3n) is 4.20. The van der Waals surface area contributed by atoms with Crippen molar-refractivity contribution in [2.45, 2.75) is 77.2 Å². The Balaban J connectivity index is 1.86. The molecule has 1 rings (SSSR count). The Labute approximate surface area is 119 Å². The third-order valence-corrected chi connectivity index (χ3v) is 4.20. The van der Waals surface area contributed by atoms with E-state index in [1.165, 1.54) is 51.4 Å². The Morgan fingerprint density at radius 2 is 1.53 bits per heavy atom. The van der Waals surface area contributed by atoms with Gasteiger partial charge in [-0.25, -0.2) is 0 Å². The van der Waals surface area contributed by atoms with Gasteiger partial charge in [-0.1, -0.05) is 58.3 Å². The summed E-state index contributed by atoms with van der Waals surface area (Å²) in [6, 6.07) is 0.450. The van der Waals surface area contributed by atoms with Crippen LogP contribution in [-0.2, 0) is 4.79 Å². The lowest BCUT2D eigenvalue weighted by Crippen LogP contribution is -2.57. The van der Waals surface area contributed by atoms with E-state index in [9.17, 15) is 4.79 Å². The minimum absolute atomic E-state index is 0.328. The normalized spacial score (nSPS) is 15.3. The molecule has 0 aromatic carbocycles. The summed E-state index contributed by atoms with van der Waals surface area (Å²) in [5.74, 6) is 0.328. The zero-order valence-corrected chi connectivity index (χ0v) is 12.9. The van der Waals surface area contributed by atoms with E-state index >= 15 is 0 Å². The second kappa shape index (κ2) is 10.2. The summed E-state index contributed by atoms with van der Waals surface area (Å²) in [6.07, 6.45) is 12.6. The van der Waals surface area contributed by atoms with Gasteiger partial charge < -0.3 is 10.2 Å². The summed E-state index contributed by atoms with van der Waals surface area (Å²) in [6.45, 7) is 4.20. The molecule has 0 aromatic rings. The van der Waals surface area contributed by atoms with Crippen molar-refractivity contribution in [2.24, 2.45) is 0 Å². The van der Waals surface area contributed by atoms with E-state index in [2.05, 4.69) is 12.2 Å². The van der Waals surface area contributed by atoms with Gasteiger partial charge in [0.05, 0.1) is 6.04 Å². The predicted molar refractivity (Wildman–Crippen MR) is 81.3 cm³/mol. The Morgan fingerprint density at radius 1 is 1.00 bits per heavy atom. The predicted octanol–water partition coefficient (Wildman–Crippen LogP) is 3.34. The molecule has 0 spiro atoms. The number of carbonyl (C=O) groups excluding carboxylic acids is 1. The van der Waals surface area contributed by atoms with E-state index in [4.69, 9.17) is 0 Å². The molecule has 3 heteroatoms. The molecule has 1 fully saturated rings. The second-order valence-corrected chi connectivity index (χ2v) is 5.90. The summed E-state index contributed by atoms with van der Waals surface area (Å²) >= 11 is 0. The topological polar surface area (TPSA) is 32.3 Å². The van der Waals surface area contributed by atoms with Crippen molar-refractivity contribution in [1.29, 1.82) is 0 Å². The van der Waals surface area contributed by atoms with E-state index in [0.717, 1.165) is 25.9 Å². The maximum absolute atomic E-state index is 11.9. The van der Waals surface area contributed by atoms with Crippen LogP contribution in [0.1, 0.15) is 71.1 Å². The molecule has 3 nitrogen and oxygen atoms in total. The largest absolute Gasteiger partial charge is 0.340 e. The van der Waals surface area contributed by atoms with Gasteiger partial charge in [0.1, 0.15) is 0 Å². The molecule has 0 aliphatic carbocycles. The van der Waals surface area contributed by atoms with E-state index in [1.807, 2.05) is 11.9 Å². The van der Waals surface area contributed by atoms with Gasteiger partial charge in [0.15, 0.2) is 0 Å². The SMILES string of the molecule is CCCCCCCCCCCC(=O)N(C)C1CNC1. The van der Waals surface area contributed by atoms with Crippen LogP contribution in [0.5, 0.6) is 0 Å². The minimum atomic E-state index is 0.328. The van der Waals surface area contributed by atoms with Crippen LogP contribution in [0.2, 0.25) is 0 Å². The van der Waals surface area contributed by atoms with Crippen LogP contribution in [0.25, 0.3) is 0 Å². The fourth-order valence-electron chi connectivity index (χ4n) is 2.51. The number of rotatable bonds is 11. The molecule has 1 aliphatic heterocycles. The Bertz CT molecular complexity index is 239. The summed E-state index contributed by atoms with van der Waals surface area (Å²) in [5, 5.41) is 3.21. The first-order valence-corrected chi connectivity index (χ1v) is 8.22. The molecule has 1 aliphatic rings. The number of hydrogen-bond acceptors (Lipinski definition) is 2. The van der Waals surface area contributed by atoms with Crippen LogP contribution in [0.3, 0.4) is 0 Å². The van der Waals surface area contributed by atoms with Crippen LogP contribution >= 0.6 is 0 Å². The zero-order chi connectivity index (χ0) is 13.9. The number of hydrogen-bond donors (Lipinski definition) is 1. The van der Waals surface area contributed by atoms with Crippen LogP contribution in [0.15, 0.2) is 0 Å². The highest BCUT2D eigenvalue weighted by Crippen LogP contribution is 2.12. The van der Waals surface area contributed by atoms with E-state index < -0.39 is 0 Å². The van der Waals surface area contributed by atoms with Crippen LogP contribution in [0.4, 0.5) is 0 Å². The summed E-state index contributed by atoms with van der Waals surface area (Å²) in [4.78, 5) is 13.8. The van der Waals surface area contributed by atoms with Crippen molar-refractivity contribution in [3.63, 3.8) is 0 Å². The molecule has 1 N–H and O–H groups in total. The molecule has 0 aromatic heterocycles. The van der Waals surface area contributed by atoms with Gasteiger partial charge in [0.2, 0.25) is 5.91 Å². The minimum Gasteiger partial charge on any atom is -0.340 e. The second-order valence-electron chi connectivity index (χ2n) is 5.90. The Kier molecular flexibility index (Phi) is 8.89. The van der Waals surface area contributed by atoms with Gasteiger partial charge in [-0.15, -0.1) is 0 Å². The van der Waals surface area contributed by atoms with Crippen LogP contribution in [-0.4, -0.2) is 37.0 Å². The lowest BCUT2D eigenvalue weighted by atomic mass is 10.1. The van der Waals surface area contributed by atoms with Crippen molar-refractivity contribution in [2.75, 3.05) is 20.1 Å². The molecule has 1 saturated heterocycles. The Morgan fingerprint density at radius 3 is 2.00 bits per heavy atom. The van der Waals surface area contributed by atoms with Gasteiger partial charge in [-0.2, -0.15) is 0 Å². The maximum atomic E-state index is 11.9. The van der Waals surface area contributed by atoms with Gasteiger partial charge >= 0.3 is 0 Å². The standard InChI is InChI=1S/C16H32N2O/c1-3-4-5-6-7-8-9-10-11-12-16(19)18(2)15-13-17-14-15/h15,17H,3-14H2,1-2H3. The number of amides is 1. The first-order valence-electron chi connectivity index (χ1n) is 8.22. The fourth-order valence-corrected chi connectivity index (χ4v) is 2.51. The van der Waals surface area contributed by atoms with E-state index in [-0.39, 0.29) is 0 Å². The molecule has 1 amide bonds. The average Bonchev–Trinajstić information content (AvgIpc) is 2.34. The average molecular weight is 268 g/mol. The van der Waals surface area contributed by atoms with Crippen LogP contribution in [0, 0.1) is 0 Å². The van der Waals surface area contributed by atoms with Gasteiger partial charge in [-0.05, 0) is 6.42 Å². The van der Waals surface area contributed by atoms with Crippen molar-refractivity contribution >= 4 is 5.91 Å². The first-order chi connectivity index (χ1) is 9.25. The highest BCUT2D eigenvalue weighted by atomic mass is 16.2. The molecular weight excluding hydrogens is 236 g/mol. The monoisotopic (exact) mass is 268 g/mol. The maximum Gasteiger partial charge on any atom is 0.222 e. The van der Waals surface area contributed by atoms with Gasteiger partial charge in [0.25, 0.3) is 0 Å². The van der Waals surface area contributed by atoms with Crippen molar-refractivity contribution in [1.82, 2.24) is 10.2 Å². The molecule has 0 atom stereocenters. The van der Waals surface area contributed by atoms with Gasteiger partial charge in [-0.3, -0.25) is 4.79 Å². The fraction of sp³-hybridized carbons (Fsp3) is 0.938. The number of carbonyl (C=O) groups is 1. The molecule has 0 unspecified atom stereocenters. The first kappa shape index (κ1) is 16.5. The van der Waals surface area contributed by atoms with Crippen molar-refractivity contribution < 1.29 is 4.79 Å². The molecule has 0 bridgehead atoms. The summed E-state index contributed by atoms with van der Waals surface area (Å²) < 4.78 is 0. The van der Waals surface area contributed by atoms with Crippen molar-refractivity contribution in [3.05, 3.63) is 0 Å². The van der Waals surface area contributed by atoms with E-state index in [1.54, 1.807) is 0 Å². The highest BCUT2D eigenvalue weighted by Gasteiger charge is 2.24. The zero-order valence-electron chi connectivity index (χ0n) is 12.9. The number of likely N-dealkylation sites (N-methyl/N-ethyl adjacent to an activating group) is 1. The summed E-state index contributed by atoms with van der Waals surface area (Å²) in [7, 11) is 1.95. The van der Waals surface area contributed by atoms with E-state index in [0.29, 0.717) is 11.9 Å². The molecule has 1 heterocycles. The quantitative estimate of drug-likeness (QED) is 0.583. The lowest BCUT2D eigenvalue weighted by molar-refractivity contribution is -0.133. The Hall–Kier alpha value is -0.570. The molecule has 19 heavy (non-hydrogen) atoms. The molecule has 0 saturated carbocycles. The number of unbranched alkanes of at least 4 members (excludes halogenated alkanes) is 8. The smallest absolute Gasteiger partial charge is 0.222 e. The number of nitrogens with one attached hydrogen (secondary N) is 1. The molecule has 0 radical (unpaired) electrons. The van der Waals surface area contributed by atoms with Crippen LogP contribution < -0.4 is 5.32 Å². The third kappa shape index (κ3) is 6.95. The number of nitrogens with zero attached hydrogens (tertiary/aromatic N) is 1. The van der Waals surface area contributed by atoms with Gasteiger partial charge in [0, 0.05) is 26.6 Å². The summed E-state index contributed by atoms with van der Waals surface area (Å²) in [5.41, 5.74) is 0. The molecule has 112 valence electrons. The van der Waals surface area contributed by atoms with Crippen molar-refractivity contribution in [3.8, 4) is 0 Å². The lowest BCUT2D eigenvalue weighted by Gasteiger charge is -2.35. The highest BCUT2D eigenvalue weighted by molar-refractivity contribution is 5.76.